The molecule has 0 bridgehead atoms. The minimum atomic E-state index is 0.670. The molecule has 3 heteroatoms. The van der Waals surface area contributed by atoms with Gasteiger partial charge >= 0.3 is 0 Å². The molecule has 25 heavy (non-hydrogen) atoms. The number of fused-ring (bicyclic) bond motifs is 1. The molecule has 0 atom stereocenters. The van der Waals surface area contributed by atoms with Crippen molar-refractivity contribution >= 4 is 23.2 Å². The first-order valence-corrected chi connectivity index (χ1v) is 8.05. The predicted octanol–water partition coefficient (Wildman–Crippen LogP) is 5.27. The molecular weight excluding hydrogens is 306 g/mol. The zero-order valence-electron chi connectivity index (χ0n) is 13.5. The van der Waals surface area contributed by atoms with Crippen molar-refractivity contribution in [3.63, 3.8) is 0 Å². The Balaban J connectivity index is 1.62. The zero-order chi connectivity index (χ0) is 17.1. The number of rotatable bonds is 3. The second-order valence-corrected chi connectivity index (χ2v) is 5.80. The third kappa shape index (κ3) is 3.19. The van der Waals surface area contributed by atoms with E-state index in [1.54, 1.807) is 0 Å². The van der Waals surface area contributed by atoms with Crippen LogP contribution in [-0.4, -0.2) is 9.97 Å². The zero-order valence-corrected chi connectivity index (χ0v) is 13.5. The number of aromatic amines is 1. The highest BCUT2D eigenvalue weighted by atomic mass is 14.9. The van der Waals surface area contributed by atoms with Crippen LogP contribution in [0.3, 0.4) is 0 Å². The molecule has 4 aromatic rings. The molecule has 1 N–H and O–H groups in total. The van der Waals surface area contributed by atoms with Crippen molar-refractivity contribution in [1.82, 2.24) is 9.97 Å². The van der Waals surface area contributed by atoms with Crippen LogP contribution < -0.4 is 0 Å². The fourth-order valence-electron chi connectivity index (χ4n) is 2.74. The molecule has 1 heterocycles. The number of aromatic nitrogens is 2. The number of para-hydroxylation sites is 2. The maximum absolute atomic E-state index is 8.85. The number of nitriles is 1. The largest absolute Gasteiger partial charge is 0.338 e. The van der Waals surface area contributed by atoms with Crippen molar-refractivity contribution < 1.29 is 0 Å². The lowest BCUT2D eigenvalue weighted by molar-refractivity contribution is 1.33. The molecule has 0 radical (unpaired) electrons. The van der Waals surface area contributed by atoms with Crippen molar-refractivity contribution in [2.45, 2.75) is 0 Å². The van der Waals surface area contributed by atoms with Crippen LogP contribution in [0.5, 0.6) is 0 Å². The SMILES string of the molecule is N#Cc1ccc(/C=C/c2cccc(-c3nc4ccccc4[nH]3)c2)cc1. The van der Waals surface area contributed by atoms with Gasteiger partial charge in [-0.2, -0.15) is 5.26 Å². The number of hydrogen-bond acceptors (Lipinski definition) is 2. The lowest BCUT2D eigenvalue weighted by Crippen LogP contribution is -1.81. The summed E-state index contributed by atoms with van der Waals surface area (Å²) in [5.41, 5.74) is 5.89. The van der Waals surface area contributed by atoms with E-state index in [-0.39, 0.29) is 0 Å². The molecule has 118 valence electrons. The van der Waals surface area contributed by atoms with Gasteiger partial charge in [-0.1, -0.05) is 54.6 Å². The molecule has 3 nitrogen and oxygen atoms in total. The molecule has 0 fully saturated rings. The van der Waals surface area contributed by atoms with Gasteiger partial charge in [0.05, 0.1) is 22.7 Å². The Kier molecular flexibility index (Phi) is 3.86. The lowest BCUT2D eigenvalue weighted by Gasteiger charge is -1.99. The van der Waals surface area contributed by atoms with E-state index in [1.165, 1.54) is 0 Å². The monoisotopic (exact) mass is 321 g/mol. The maximum Gasteiger partial charge on any atom is 0.138 e. The summed E-state index contributed by atoms with van der Waals surface area (Å²) in [5.74, 6) is 0.870. The maximum atomic E-state index is 8.85. The Labute approximate surface area is 145 Å². The van der Waals surface area contributed by atoms with Crippen LogP contribution in [0.25, 0.3) is 34.6 Å². The smallest absolute Gasteiger partial charge is 0.138 e. The summed E-state index contributed by atoms with van der Waals surface area (Å²) in [6.07, 6.45) is 4.10. The van der Waals surface area contributed by atoms with Crippen molar-refractivity contribution in [2.24, 2.45) is 0 Å². The van der Waals surface area contributed by atoms with E-state index in [9.17, 15) is 0 Å². The summed E-state index contributed by atoms with van der Waals surface area (Å²) in [5, 5.41) is 8.85. The topological polar surface area (TPSA) is 52.5 Å². The van der Waals surface area contributed by atoms with Crippen molar-refractivity contribution in [2.75, 3.05) is 0 Å². The summed E-state index contributed by atoms with van der Waals surface area (Å²) in [4.78, 5) is 8.01. The highest BCUT2D eigenvalue weighted by Crippen LogP contribution is 2.22. The Morgan fingerprint density at radius 1 is 0.840 bits per heavy atom. The van der Waals surface area contributed by atoms with Crippen LogP contribution in [0.4, 0.5) is 0 Å². The van der Waals surface area contributed by atoms with Gasteiger partial charge in [0.1, 0.15) is 5.82 Å². The molecule has 4 rings (SSSR count). The minimum absolute atomic E-state index is 0.670. The van der Waals surface area contributed by atoms with Gasteiger partial charge in [-0.3, -0.25) is 0 Å². The second-order valence-electron chi connectivity index (χ2n) is 5.80. The normalized spacial score (nSPS) is 11.0. The summed E-state index contributed by atoms with van der Waals surface area (Å²) in [6.45, 7) is 0. The predicted molar refractivity (Wildman–Crippen MR) is 102 cm³/mol. The molecule has 0 saturated heterocycles. The van der Waals surface area contributed by atoms with Crippen molar-refractivity contribution in [3.8, 4) is 17.5 Å². The second kappa shape index (κ2) is 6.46. The molecule has 0 amide bonds. The summed E-state index contributed by atoms with van der Waals surface area (Å²) in [7, 11) is 0. The number of hydrogen-bond donors (Lipinski definition) is 1. The highest BCUT2D eigenvalue weighted by Gasteiger charge is 2.04. The number of imidazole rings is 1. The van der Waals surface area contributed by atoms with Crippen LogP contribution in [0.1, 0.15) is 16.7 Å². The fraction of sp³-hybridized carbons (Fsp3) is 0. The van der Waals surface area contributed by atoms with Gasteiger partial charge in [0.2, 0.25) is 0 Å². The van der Waals surface area contributed by atoms with Crippen LogP contribution >= 0.6 is 0 Å². The molecule has 1 aromatic heterocycles. The molecular formula is C22H15N3. The first-order chi connectivity index (χ1) is 12.3. The number of benzene rings is 3. The molecule has 0 aliphatic rings. The van der Waals surface area contributed by atoms with Crippen molar-refractivity contribution in [1.29, 1.82) is 5.26 Å². The highest BCUT2D eigenvalue weighted by molar-refractivity contribution is 5.80. The first-order valence-electron chi connectivity index (χ1n) is 8.05. The van der Waals surface area contributed by atoms with Gasteiger partial charge in [-0.25, -0.2) is 4.98 Å². The Bertz CT molecular complexity index is 1060. The van der Waals surface area contributed by atoms with Crippen LogP contribution in [-0.2, 0) is 0 Å². The number of nitrogens with one attached hydrogen (secondary N) is 1. The van der Waals surface area contributed by atoms with Crippen molar-refractivity contribution in [3.05, 3.63) is 89.5 Å². The number of nitrogens with zero attached hydrogens (tertiary/aromatic N) is 2. The molecule has 0 aliphatic carbocycles. The first kappa shape index (κ1) is 14.9. The average molecular weight is 321 g/mol. The molecule has 0 saturated carbocycles. The minimum Gasteiger partial charge on any atom is -0.338 e. The quantitative estimate of drug-likeness (QED) is 0.522. The van der Waals surface area contributed by atoms with Gasteiger partial charge in [0.15, 0.2) is 0 Å². The van der Waals surface area contributed by atoms with Gasteiger partial charge in [-0.05, 0) is 41.5 Å². The van der Waals surface area contributed by atoms with E-state index >= 15 is 0 Å². The van der Waals surface area contributed by atoms with Crippen LogP contribution in [0.15, 0.2) is 72.8 Å². The summed E-state index contributed by atoms with van der Waals surface area (Å²) >= 11 is 0. The van der Waals surface area contributed by atoms with E-state index in [0.717, 1.165) is 33.5 Å². The van der Waals surface area contributed by atoms with Crippen LogP contribution in [0.2, 0.25) is 0 Å². The van der Waals surface area contributed by atoms with E-state index in [1.807, 2.05) is 60.7 Å². The van der Waals surface area contributed by atoms with Gasteiger partial charge in [-0.15, -0.1) is 0 Å². The van der Waals surface area contributed by atoms with Gasteiger partial charge < -0.3 is 4.98 Å². The Morgan fingerprint density at radius 2 is 1.64 bits per heavy atom. The summed E-state index contributed by atoms with van der Waals surface area (Å²) in [6, 6.07) is 25.9. The third-order valence-corrected chi connectivity index (χ3v) is 4.06. The van der Waals surface area contributed by atoms with Crippen LogP contribution in [0, 0.1) is 11.3 Å². The molecule has 0 unspecified atom stereocenters. The van der Waals surface area contributed by atoms with Gasteiger partial charge in [0.25, 0.3) is 0 Å². The lowest BCUT2D eigenvalue weighted by atomic mass is 10.1. The Hall–Kier alpha value is -3.64. The summed E-state index contributed by atoms with van der Waals surface area (Å²) < 4.78 is 0. The van der Waals surface area contributed by atoms with E-state index < -0.39 is 0 Å². The standard InChI is InChI=1S/C22H15N3/c23-15-18-12-9-16(10-13-18)8-11-17-4-3-5-19(14-17)22-24-20-6-1-2-7-21(20)25-22/h1-14H,(H,24,25)/b11-8+. The molecule has 0 aliphatic heterocycles. The average Bonchev–Trinajstić information content (AvgIpc) is 3.11. The number of H-pyrrole nitrogens is 1. The van der Waals surface area contributed by atoms with E-state index in [0.29, 0.717) is 5.56 Å². The fourth-order valence-corrected chi connectivity index (χ4v) is 2.74. The van der Waals surface area contributed by atoms with E-state index in [4.69, 9.17) is 5.26 Å². The van der Waals surface area contributed by atoms with E-state index in [2.05, 4.69) is 40.3 Å². The third-order valence-electron chi connectivity index (χ3n) is 4.06. The Morgan fingerprint density at radius 3 is 2.44 bits per heavy atom. The molecule has 3 aromatic carbocycles. The molecule has 0 spiro atoms. The van der Waals surface area contributed by atoms with Gasteiger partial charge in [0, 0.05) is 5.56 Å².